The molecular weight excluding hydrogens is 319 g/mol. The largest absolute Gasteiger partial charge is 0.388 e. The summed E-state index contributed by atoms with van der Waals surface area (Å²) in [5.74, 6) is -0.510. The van der Waals surface area contributed by atoms with E-state index in [1.54, 1.807) is 6.07 Å². The van der Waals surface area contributed by atoms with Crippen LogP contribution in [0.5, 0.6) is 0 Å². The fraction of sp³-hybridized carbons (Fsp3) is 0.143. The van der Waals surface area contributed by atoms with Crippen LogP contribution in [0.1, 0.15) is 17.2 Å². The van der Waals surface area contributed by atoms with Gasteiger partial charge in [0.15, 0.2) is 0 Å². The summed E-state index contributed by atoms with van der Waals surface area (Å²) in [5, 5.41) is 10.1. The highest BCUT2D eigenvalue weighted by atomic mass is 79.9. The Morgan fingerprint density at radius 3 is 2.44 bits per heavy atom. The molecule has 2 aromatic rings. The number of aliphatic hydroxyl groups is 1. The lowest BCUT2D eigenvalue weighted by Crippen LogP contribution is -2.02. The third kappa shape index (κ3) is 3.31. The molecule has 1 nitrogen and oxygen atoms in total. The summed E-state index contributed by atoms with van der Waals surface area (Å²) in [6.07, 6.45) is -0.299. The van der Waals surface area contributed by atoms with Gasteiger partial charge in [0.05, 0.1) is 11.1 Å². The van der Waals surface area contributed by atoms with Crippen molar-refractivity contribution in [1.82, 2.24) is 0 Å². The molecule has 0 aliphatic rings. The van der Waals surface area contributed by atoms with Crippen molar-refractivity contribution >= 4 is 27.5 Å². The van der Waals surface area contributed by atoms with Gasteiger partial charge in [-0.05, 0) is 35.4 Å². The van der Waals surface area contributed by atoms with Gasteiger partial charge < -0.3 is 5.11 Å². The highest BCUT2D eigenvalue weighted by Crippen LogP contribution is 2.23. The first-order valence-electron chi connectivity index (χ1n) is 5.44. The maximum atomic E-state index is 13.3. The molecule has 0 saturated heterocycles. The lowest BCUT2D eigenvalue weighted by molar-refractivity contribution is 0.178. The molecular formula is C14H11BrClFO. The summed E-state index contributed by atoms with van der Waals surface area (Å²) < 4.78 is 14.3. The molecule has 94 valence electrons. The average molecular weight is 330 g/mol. The molecule has 2 aromatic carbocycles. The Labute approximate surface area is 118 Å². The van der Waals surface area contributed by atoms with Gasteiger partial charge in [0, 0.05) is 10.9 Å². The van der Waals surface area contributed by atoms with Crippen molar-refractivity contribution < 1.29 is 9.50 Å². The normalized spacial score (nSPS) is 12.4. The molecule has 0 aliphatic heterocycles. The van der Waals surface area contributed by atoms with E-state index in [4.69, 9.17) is 11.6 Å². The van der Waals surface area contributed by atoms with E-state index < -0.39 is 11.9 Å². The molecule has 1 unspecified atom stereocenters. The van der Waals surface area contributed by atoms with Gasteiger partial charge in [-0.15, -0.1) is 0 Å². The molecule has 1 atom stereocenters. The minimum atomic E-state index is -0.738. The molecule has 0 heterocycles. The SMILES string of the molecule is OC(Cc1ccc(Br)cc1)c1ccc(Cl)c(F)c1. The second-order valence-corrected chi connectivity index (χ2v) is 5.34. The molecule has 0 spiro atoms. The van der Waals surface area contributed by atoms with Gasteiger partial charge in [-0.2, -0.15) is 0 Å². The van der Waals surface area contributed by atoms with Crippen LogP contribution in [0.2, 0.25) is 5.02 Å². The van der Waals surface area contributed by atoms with E-state index in [1.807, 2.05) is 24.3 Å². The molecule has 4 heteroatoms. The molecule has 0 saturated carbocycles. The van der Waals surface area contributed by atoms with E-state index in [9.17, 15) is 9.50 Å². The molecule has 2 rings (SSSR count). The van der Waals surface area contributed by atoms with Crippen molar-refractivity contribution in [1.29, 1.82) is 0 Å². The monoisotopic (exact) mass is 328 g/mol. The topological polar surface area (TPSA) is 20.2 Å². The third-order valence-corrected chi connectivity index (χ3v) is 3.51. The van der Waals surface area contributed by atoms with Crippen LogP contribution in [-0.4, -0.2) is 5.11 Å². The number of hydrogen-bond donors (Lipinski definition) is 1. The molecule has 0 aliphatic carbocycles. The van der Waals surface area contributed by atoms with E-state index in [1.165, 1.54) is 12.1 Å². The summed E-state index contributed by atoms with van der Waals surface area (Å²) in [4.78, 5) is 0. The van der Waals surface area contributed by atoms with Crippen LogP contribution in [0.4, 0.5) is 4.39 Å². The predicted molar refractivity (Wildman–Crippen MR) is 74.2 cm³/mol. The summed E-state index contributed by atoms with van der Waals surface area (Å²) in [5.41, 5.74) is 1.51. The van der Waals surface area contributed by atoms with Crippen LogP contribution in [0, 0.1) is 5.82 Å². The van der Waals surface area contributed by atoms with E-state index in [-0.39, 0.29) is 5.02 Å². The second kappa shape index (κ2) is 5.83. The Kier molecular flexibility index (Phi) is 4.38. The fourth-order valence-corrected chi connectivity index (χ4v) is 2.06. The Hall–Kier alpha value is -0.900. The van der Waals surface area contributed by atoms with Crippen LogP contribution in [-0.2, 0) is 6.42 Å². The lowest BCUT2D eigenvalue weighted by Gasteiger charge is -2.11. The molecule has 1 N–H and O–H groups in total. The first kappa shape index (κ1) is 13.5. The van der Waals surface area contributed by atoms with Crippen molar-refractivity contribution in [3.8, 4) is 0 Å². The maximum Gasteiger partial charge on any atom is 0.142 e. The molecule has 0 amide bonds. The summed E-state index contributed by atoms with van der Waals surface area (Å²) in [6, 6.07) is 12.0. The van der Waals surface area contributed by atoms with E-state index >= 15 is 0 Å². The smallest absolute Gasteiger partial charge is 0.142 e. The predicted octanol–water partition coefficient (Wildman–Crippen LogP) is 4.52. The van der Waals surface area contributed by atoms with E-state index in [2.05, 4.69) is 15.9 Å². The van der Waals surface area contributed by atoms with Gasteiger partial charge in [-0.3, -0.25) is 0 Å². The van der Waals surface area contributed by atoms with Crippen LogP contribution < -0.4 is 0 Å². The van der Waals surface area contributed by atoms with Crippen molar-refractivity contribution in [3.63, 3.8) is 0 Å². The zero-order valence-electron chi connectivity index (χ0n) is 9.41. The first-order chi connectivity index (χ1) is 8.56. The summed E-state index contributed by atoms with van der Waals surface area (Å²) in [7, 11) is 0. The molecule has 0 bridgehead atoms. The van der Waals surface area contributed by atoms with Crippen molar-refractivity contribution in [2.45, 2.75) is 12.5 Å². The zero-order chi connectivity index (χ0) is 13.1. The Morgan fingerprint density at radius 1 is 1.17 bits per heavy atom. The minimum Gasteiger partial charge on any atom is -0.388 e. The molecule has 0 fully saturated rings. The molecule has 0 radical (unpaired) electrons. The Balaban J connectivity index is 2.13. The zero-order valence-corrected chi connectivity index (χ0v) is 11.7. The number of aliphatic hydroxyl groups excluding tert-OH is 1. The van der Waals surface area contributed by atoms with Crippen LogP contribution in [0.25, 0.3) is 0 Å². The highest BCUT2D eigenvalue weighted by molar-refractivity contribution is 9.10. The highest BCUT2D eigenvalue weighted by Gasteiger charge is 2.11. The van der Waals surface area contributed by atoms with Crippen molar-refractivity contribution in [2.24, 2.45) is 0 Å². The van der Waals surface area contributed by atoms with Gasteiger partial charge in [-0.1, -0.05) is 45.7 Å². The maximum absolute atomic E-state index is 13.3. The third-order valence-electron chi connectivity index (χ3n) is 2.67. The molecule has 18 heavy (non-hydrogen) atoms. The number of halogens is 3. The van der Waals surface area contributed by atoms with E-state index in [0.29, 0.717) is 12.0 Å². The number of hydrogen-bond acceptors (Lipinski definition) is 1. The number of benzene rings is 2. The van der Waals surface area contributed by atoms with Gasteiger partial charge in [0.2, 0.25) is 0 Å². The summed E-state index contributed by atoms with van der Waals surface area (Å²) in [6.45, 7) is 0. The van der Waals surface area contributed by atoms with Gasteiger partial charge in [0.25, 0.3) is 0 Å². The van der Waals surface area contributed by atoms with Crippen molar-refractivity contribution in [3.05, 3.63) is 68.9 Å². The van der Waals surface area contributed by atoms with Gasteiger partial charge >= 0.3 is 0 Å². The average Bonchev–Trinajstić information content (AvgIpc) is 2.35. The Morgan fingerprint density at radius 2 is 1.83 bits per heavy atom. The quantitative estimate of drug-likeness (QED) is 0.878. The second-order valence-electron chi connectivity index (χ2n) is 4.02. The van der Waals surface area contributed by atoms with Crippen LogP contribution in [0.3, 0.4) is 0 Å². The van der Waals surface area contributed by atoms with E-state index in [0.717, 1.165) is 10.0 Å². The van der Waals surface area contributed by atoms with Crippen LogP contribution in [0.15, 0.2) is 46.9 Å². The standard InChI is InChI=1S/C14H11BrClFO/c15-11-4-1-9(2-5-11)7-14(18)10-3-6-12(16)13(17)8-10/h1-6,8,14,18H,7H2. The first-order valence-corrected chi connectivity index (χ1v) is 6.61. The minimum absolute atomic E-state index is 0.0644. The van der Waals surface area contributed by atoms with Crippen molar-refractivity contribution in [2.75, 3.05) is 0 Å². The lowest BCUT2D eigenvalue weighted by atomic mass is 10.0. The van der Waals surface area contributed by atoms with Crippen LogP contribution >= 0.6 is 27.5 Å². The Bertz CT molecular complexity index is 542. The van der Waals surface area contributed by atoms with Gasteiger partial charge in [-0.25, -0.2) is 4.39 Å². The van der Waals surface area contributed by atoms with Gasteiger partial charge in [0.1, 0.15) is 5.82 Å². The molecule has 0 aromatic heterocycles. The fourth-order valence-electron chi connectivity index (χ4n) is 1.68. The number of rotatable bonds is 3. The summed E-state index contributed by atoms with van der Waals surface area (Å²) >= 11 is 8.95.